The third kappa shape index (κ3) is 2.59. The Kier molecular flexibility index (Phi) is 3.71. The SMILES string of the molecule is COc1nc(Br)cc(Cl)c1NC(C)=O. The second kappa shape index (κ2) is 4.61. The molecule has 76 valence electrons. The van der Waals surface area contributed by atoms with E-state index in [0.717, 1.165) is 0 Å². The molecule has 1 rings (SSSR count). The van der Waals surface area contributed by atoms with Crippen LogP contribution in [-0.2, 0) is 4.79 Å². The van der Waals surface area contributed by atoms with Crippen LogP contribution in [0.2, 0.25) is 5.02 Å². The van der Waals surface area contributed by atoms with Gasteiger partial charge in [-0.15, -0.1) is 0 Å². The lowest BCUT2D eigenvalue weighted by Gasteiger charge is -2.09. The van der Waals surface area contributed by atoms with Gasteiger partial charge < -0.3 is 10.1 Å². The van der Waals surface area contributed by atoms with Crippen molar-refractivity contribution in [1.29, 1.82) is 0 Å². The van der Waals surface area contributed by atoms with Crippen molar-refractivity contribution >= 4 is 39.1 Å². The van der Waals surface area contributed by atoms with E-state index in [1.807, 2.05) is 0 Å². The zero-order chi connectivity index (χ0) is 10.7. The van der Waals surface area contributed by atoms with Crippen molar-refractivity contribution in [3.05, 3.63) is 15.7 Å². The minimum atomic E-state index is -0.227. The molecule has 0 unspecified atom stereocenters. The molecule has 0 aliphatic rings. The summed E-state index contributed by atoms with van der Waals surface area (Å²) < 4.78 is 5.52. The number of carbonyl (C=O) groups is 1. The Morgan fingerprint density at radius 1 is 1.71 bits per heavy atom. The van der Waals surface area contributed by atoms with Crippen LogP contribution in [-0.4, -0.2) is 18.0 Å². The van der Waals surface area contributed by atoms with Gasteiger partial charge >= 0.3 is 0 Å². The van der Waals surface area contributed by atoms with E-state index in [2.05, 4.69) is 26.2 Å². The number of anilines is 1. The summed E-state index contributed by atoms with van der Waals surface area (Å²) in [4.78, 5) is 14.9. The van der Waals surface area contributed by atoms with Crippen molar-refractivity contribution in [2.45, 2.75) is 6.92 Å². The van der Waals surface area contributed by atoms with E-state index >= 15 is 0 Å². The van der Waals surface area contributed by atoms with Gasteiger partial charge in [0.15, 0.2) is 0 Å². The Balaban J connectivity index is 3.18. The minimum Gasteiger partial charge on any atom is -0.479 e. The molecule has 0 aliphatic heterocycles. The minimum absolute atomic E-state index is 0.227. The van der Waals surface area contributed by atoms with E-state index in [-0.39, 0.29) is 11.8 Å². The molecular formula is C8H8BrClN2O2. The number of rotatable bonds is 2. The van der Waals surface area contributed by atoms with Crippen LogP contribution in [0.15, 0.2) is 10.7 Å². The summed E-state index contributed by atoms with van der Waals surface area (Å²) in [5.41, 5.74) is 0.380. The topological polar surface area (TPSA) is 51.2 Å². The molecule has 0 radical (unpaired) electrons. The first-order valence-electron chi connectivity index (χ1n) is 3.72. The van der Waals surface area contributed by atoms with Crippen LogP contribution < -0.4 is 10.1 Å². The lowest BCUT2D eigenvalue weighted by molar-refractivity contribution is -0.114. The van der Waals surface area contributed by atoms with E-state index in [0.29, 0.717) is 15.3 Å². The number of aromatic nitrogens is 1. The molecule has 1 amide bonds. The van der Waals surface area contributed by atoms with Gasteiger partial charge in [0.25, 0.3) is 0 Å². The zero-order valence-corrected chi connectivity index (χ0v) is 9.94. The van der Waals surface area contributed by atoms with Gasteiger partial charge in [0.2, 0.25) is 11.8 Å². The summed E-state index contributed by atoms with van der Waals surface area (Å²) in [6.07, 6.45) is 0. The number of methoxy groups -OCH3 is 1. The monoisotopic (exact) mass is 278 g/mol. The summed E-state index contributed by atoms with van der Waals surface area (Å²) in [5.74, 6) is 0.0499. The highest BCUT2D eigenvalue weighted by Gasteiger charge is 2.12. The third-order valence-electron chi connectivity index (χ3n) is 1.40. The van der Waals surface area contributed by atoms with Crippen molar-refractivity contribution in [2.24, 2.45) is 0 Å². The zero-order valence-electron chi connectivity index (χ0n) is 7.60. The Morgan fingerprint density at radius 2 is 2.36 bits per heavy atom. The molecule has 14 heavy (non-hydrogen) atoms. The predicted octanol–water partition coefficient (Wildman–Crippen LogP) is 2.46. The summed E-state index contributed by atoms with van der Waals surface area (Å²) in [7, 11) is 1.45. The second-order valence-corrected chi connectivity index (χ2v) is 3.71. The summed E-state index contributed by atoms with van der Waals surface area (Å²) in [6, 6.07) is 1.58. The lowest BCUT2D eigenvalue weighted by atomic mass is 10.4. The van der Waals surface area contributed by atoms with Crippen LogP contribution in [0.1, 0.15) is 6.92 Å². The van der Waals surface area contributed by atoms with Gasteiger partial charge in [-0.2, -0.15) is 0 Å². The maximum absolute atomic E-state index is 10.9. The highest BCUT2D eigenvalue weighted by Crippen LogP contribution is 2.32. The average Bonchev–Trinajstić information content (AvgIpc) is 2.08. The van der Waals surface area contributed by atoms with Crippen molar-refractivity contribution < 1.29 is 9.53 Å². The Bertz CT molecular complexity index is 371. The highest BCUT2D eigenvalue weighted by molar-refractivity contribution is 9.10. The van der Waals surface area contributed by atoms with Crippen molar-refractivity contribution in [3.8, 4) is 5.88 Å². The summed E-state index contributed by atoms with van der Waals surface area (Å²) >= 11 is 9.06. The number of nitrogens with zero attached hydrogens (tertiary/aromatic N) is 1. The molecule has 4 nitrogen and oxygen atoms in total. The number of pyridine rings is 1. The molecule has 0 saturated heterocycles. The molecule has 1 N–H and O–H groups in total. The molecule has 1 heterocycles. The lowest BCUT2D eigenvalue weighted by Crippen LogP contribution is -2.08. The fraction of sp³-hybridized carbons (Fsp3) is 0.250. The Morgan fingerprint density at radius 3 is 2.86 bits per heavy atom. The van der Waals surface area contributed by atoms with Gasteiger partial charge in [-0.1, -0.05) is 11.6 Å². The maximum Gasteiger partial charge on any atom is 0.240 e. The number of hydrogen-bond donors (Lipinski definition) is 1. The molecule has 0 spiro atoms. The fourth-order valence-corrected chi connectivity index (χ4v) is 1.65. The van der Waals surface area contributed by atoms with E-state index in [9.17, 15) is 4.79 Å². The van der Waals surface area contributed by atoms with Gasteiger partial charge in [-0.25, -0.2) is 4.98 Å². The smallest absolute Gasteiger partial charge is 0.240 e. The molecule has 0 aromatic carbocycles. The first-order valence-corrected chi connectivity index (χ1v) is 4.89. The third-order valence-corrected chi connectivity index (χ3v) is 2.11. The van der Waals surface area contributed by atoms with Gasteiger partial charge in [0.1, 0.15) is 10.3 Å². The predicted molar refractivity (Wildman–Crippen MR) is 57.8 cm³/mol. The van der Waals surface area contributed by atoms with Gasteiger partial charge in [0.05, 0.1) is 12.1 Å². The van der Waals surface area contributed by atoms with Crippen LogP contribution in [0.4, 0.5) is 5.69 Å². The quantitative estimate of drug-likeness (QED) is 0.846. The number of carbonyl (C=O) groups excluding carboxylic acids is 1. The molecule has 6 heteroatoms. The van der Waals surface area contributed by atoms with Crippen LogP contribution in [0.25, 0.3) is 0 Å². The number of hydrogen-bond acceptors (Lipinski definition) is 3. The van der Waals surface area contributed by atoms with E-state index in [1.165, 1.54) is 14.0 Å². The van der Waals surface area contributed by atoms with Crippen LogP contribution in [0.5, 0.6) is 5.88 Å². The maximum atomic E-state index is 10.9. The second-order valence-electron chi connectivity index (χ2n) is 2.49. The molecule has 0 fully saturated rings. The Hall–Kier alpha value is -0.810. The number of nitrogens with one attached hydrogen (secondary N) is 1. The molecule has 0 aliphatic carbocycles. The molecule has 0 saturated carbocycles. The summed E-state index contributed by atoms with van der Waals surface area (Å²) in [6.45, 7) is 1.39. The van der Waals surface area contributed by atoms with Crippen LogP contribution in [0, 0.1) is 0 Å². The Labute approximate surface area is 94.7 Å². The van der Waals surface area contributed by atoms with E-state index in [4.69, 9.17) is 16.3 Å². The van der Waals surface area contributed by atoms with Gasteiger partial charge in [-0.3, -0.25) is 4.79 Å². The van der Waals surface area contributed by atoms with Gasteiger partial charge in [-0.05, 0) is 22.0 Å². The number of amides is 1. The van der Waals surface area contributed by atoms with E-state index < -0.39 is 0 Å². The van der Waals surface area contributed by atoms with Crippen LogP contribution in [0.3, 0.4) is 0 Å². The first kappa shape index (κ1) is 11.3. The first-order chi connectivity index (χ1) is 6.54. The average molecular weight is 280 g/mol. The summed E-state index contributed by atoms with van der Waals surface area (Å²) in [5, 5.41) is 2.91. The normalized spacial score (nSPS) is 9.71. The van der Waals surface area contributed by atoms with E-state index in [1.54, 1.807) is 6.07 Å². The highest BCUT2D eigenvalue weighted by atomic mass is 79.9. The largest absolute Gasteiger partial charge is 0.479 e. The van der Waals surface area contributed by atoms with Crippen molar-refractivity contribution in [1.82, 2.24) is 4.98 Å². The molecule has 1 aromatic rings. The standard InChI is InChI=1S/C8H8BrClN2O2/c1-4(13)11-7-5(10)3-6(9)12-8(7)14-2/h3H,1-2H3,(H,11,13). The van der Waals surface area contributed by atoms with Crippen molar-refractivity contribution in [2.75, 3.05) is 12.4 Å². The van der Waals surface area contributed by atoms with Crippen molar-refractivity contribution in [3.63, 3.8) is 0 Å². The molecule has 0 atom stereocenters. The van der Waals surface area contributed by atoms with Crippen LogP contribution >= 0.6 is 27.5 Å². The number of ether oxygens (including phenoxy) is 1. The number of halogens is 2. The molecule has 1 aromatic heterocycles. The van der Waals surface area contributed by atoms with Gasteiger partial charge in [0, 0.05) is 6.92 Å². The molecule has 0 bridgehead atoms. The fourth-order valence-electron chi connectivity index (χ4n) is 0.901. The molecular weight excluding hydrogens is 271 g/mol.